The average molecular weight is 519 g/mol. The first-order valence-corrected chi connectivity index (χ1v) is 11.3. The minimum Gasteiger partial charge on any atom is -0.493 e. The average Bonchev–Trinajstić information content (AvgIpc) is 2.81. The van der Waals surface area contributed by atoms with E-state index in [0.29, 0.717) is 17.7 Å². The molecular weight excluding hydrogens is 500 g/mol. The molecule has 0 aliphatic rings. The summed E-state index contributed by atoms with van der Waals surface area (Å²) in [4.78, 5) is -0.585. The van der Waals surface area contributed by atoms with Crippen LogP contribution >= 0.6 is 0 Å². The van der Waals surface area contributed by atoms with Gasteiger partial charge in [0.1, 0.15) is 0 Å². The molecule has 0 amide bonds. The van der Waals surface area contributed by atoms with Gasteiger partial charge in [0.2, 0.25) is 10.0 Å². The summed E-state index contributed by atoms with van der Waals surface area (Å²) in [7, 11) is -2.04. The molecule has 12 heteroatoms. The van der Waals surface area contributed by atoms with Crippen LogP contribution in [0.3, 0.4) is 0 Å². The van der Waals surface area contributed by atoms with Crippen molar-refractivity contribution in [3.63, 3.8) is 0 Å². The van der Waals surface area contributed by atoms with Crippen molar-refractivity contribution in [2.75, 3.05) is 14.2 Å². The molecule has 1 N–H and O–H groups in total. The van der Waals surface area contributed by atoms with Gasteiger partial charge >= 0.3 is 12.4 Å². The van der Waals surface area contributed by atoms with Gasteiger partial charge in [0.05, 0.1) is 30.2 Å². The monoisotopic (exact) mass is 519 g/mol. The number of alkyl halides is 6. The third-order valence-corrected chi connectivity index (χ3v) is 6.42. The Labute approximate surface area is 197 Å². The van der Waals surface area contributed by atoms with Gasteiger partial charge in [-0.1, -0.05) is 30.3 Å². The highest BCUT2D eigenvalue weighted by molar-refractivity contribution is 7.89. The highest BCUT2D eigenvalue weighted by Gasteiger charge is 2.37. The Morgan fingerprint density at radius 2 is 1.29 bits per heavy atom. The van der Waals surface area contributed by atoms with Gasteiger partial charge in [0.15, 0.2) is 11.5 Å². The van der Waals surface area contributed by atoms with Gasteiger partial charge in [-0.25, -0.2) is 13.1 Å². The van der Waals surface area contributed by atoms with Gasteiger partial charge in [-0.3, -0.25) is 0 Å². The highest BCUT2D eigenvalue weighted by atomic mass is 32.2. The molecule has 3 rings (SSSR count). The molecule has 3 aromatic rings. The zero-order chi connectivity index (χ0) is 26.0. The Kier molecular flexibility index (Phi) is 7.37. The van der Waals surface area contributed by atoms with Crippen LogP contribution < -0.4 is 14.2 Å². The number of halogens is 6. The van der Waals surface area contributed by atoms with Crippen LogP contribution in [0.25, 0.3) is 11.1 Å². The van der Waals surface area contributed by atoms with Crippen LogP contribution in [0.4, 0.5) is 26.3 Å². The molecule has 0 aliphatic heterocycles. The largest absolute Gasteiger partial charge is 0.493 e. The first-order valence-electron chi connectivity index (χ1n) is 9.85. The minimum atomic E-state index is -5.11. The second-order valence-corrected chi connectivity index (χ2v) is 9.04. The molecule has 0 fully saturated rings. The van der Waals surface area contributed by atoms with Crippen LogP contribution in [0.15, 0.2) is 65.6 Å². The second-order valence-electron chi connectivity index (χ2n) is 7.31. The number of ether oxygens (including phenoxy) is 2. The molecule has 0 aliphatic carbocycles. The lowest BCUT2D eigenvalue weighted by Crippen LogP contribution is -2.24. The van der Waals surface area contributed by atoms with E-state index >= 15 is 0 Å². The molecule has 0 radical (unpaired) electrons. The Morgan fingerprint density at radius 3 is 1.77 bits per heavy atom. The van der Waals surface area contributed by atoms with Crippen molar-refractivity contribution in [3.8, 4) is 22.6 Å². The van der Waals surface area contributed by atoms with E-state index in [0.717, 1.165) is 12.1 Å². The number of hydrogen-bond donors (Lipinski definition) is 1. The second kappa shape index (κ2) is 9.78. The van der Waals surface area contributed by atoms with Crippen LogP contribution in [0.1, 0.15) is 16.7 Å². The Hall–Kier alpha value is -3.25. The Bertz CT molecular complexity index is 1270. The maximum atomic E-state index is 13.4. The molecule has 35 heavy (non-hydrogen) atoms. The van der Waals surface area contributed by atoms with Gasteiger partial charge in [0, 0.05) is 18.2 Å². The fourth-order valence-corrected chi connectivity index (χ4v) is 4.51. The lowest BCUT2D eigenvalue weighted by molar-refractivity contribution is -0.143. The van der Waals surface area contributed by atoms with E-state index in [9.17, 15) is 34.8 Å². The van der Waals surface area contributed by atoms with Gasteiger partial charge in [-0.2, -0.15) is 26.3 Å². The molecule has 0 saturated heterocycles. The standard InChI is InChI=1S/C23H19F6NO4S/c1-33-19-11-18(15-8-16(22(24,25)26)10-17(9-15)23(27,28)29)21(12-20(19)34-2)35(31,32)30-13-14-6-4-3-5-7-14/h3-12,30H,13H2,1-2H3. The van der Waals surface area contributed by atoms with E-state index in [4.69, 9.17) is 9.47 Å². The summed E-state index contributed by atoms with van der Waals surface area (Å²) < 4.78 is 119. The van der Waals surface area contributed by atoms with E-state index in [1.807, 2.05) is 0 Å². The third-order valence-electron chi connectivity index (χ3n) is 4.98. The zero-order valence-electron chi connectivity index (χ0n) is 18.3. The summed E-state index contributed by atoms with van der Waals surface area (Å²) in [5.74, 6) is -0.171. The van der Waals surface area contributed by atoms with E-state index < -0.39 is 49.5 Å². The number of hydrogen-bond acceptors (Lipinski definition) is 4. The van der Waals surface area contributed by atoms with E-state index in [-0.39, 0.29) is 24.1 Å². The van der Waals surface area contributed by atoms with Crippen LogP contribution in [-0.4, -0.2) is 22.6 Å². The Morgan fingerprint density at radius 1 is 0.771 bits per heavy atom. The van der Waals surface area contributed by atoms with Crippen molar-refractivity contribution in [1.82, 2.24) is 4.72 Å². The summed E-state index contributed by atoms with van der Waals surface area (Å²) in [5.41, 5.74) is -3.64. The summed E-state index contributed by atoms with van der Waals surface area (Å²) in [6, 6.07) is 11.2. The third kappa shape index (κ3) is 6.06. The maximum Gasteiger partial charge on any atom is 0.416 e. The zero-order valence-corrected chi connectivity index (χ0v) is 19.1. The minimum absolute atomic E-state index is 0.0356. The predicted molar refractivity (Wildman–Crippen MR) is 115 cm³/mol. The predicted octanol–water partition coefficient (Wildman–Crippen LogP) is 5.89. The molecule has 0 unspecified atom stereocenters. The van der Waals surface area contributed by atoms with Gasteiger partial charge < -0.3 is 9.47 Å². The smallest absolute Gasteiger partial charge is 0.416 e. The molecule has 0 heterocycles. The van der Waals surface area contributed by atoms with E-state index in [1.54, 1.807) is 30.3 Å². The van der Waals surface area contributed by atoms with Gasteiger partial charge in [-0.05, 0) is 35.4 Å². The van der Waals surface area contributed by atoms with Crippen LogP contribution in [0.5, 0.6) is 11.5 Å². The molecule has 0 spiro atoms. The van der Waals surface area contributed by atoms with Gasteiger partial charge in [-0.15, -0.1) is 0 Å². The lowest BCUT2D eigenvalue weighted by atomic mass is 9.98. The van der Waals surface area contributed by atoms with Crippen molar-refractivity contribution in [3.05, 3.63) is 77.4 Å². The fraction of sp³-hybridized carbons (Fsp3) is 0.217. The van der Waals surface area contributed by atoms with Crippen molar-refractivity contribution in [2.24, 2.45) is 0 Å². The van der Waals surface area contributed by atoms with Crippen molar-refractivity contribution in [1.29, 1.82) is 0 Å². The lowest BCUT2D eigenvalue weighted by Gasteiger charge is -2.18. The fourth-order valence-electron chi connectivity index (χ4n) is 3.27. The highest BCUT2D eigenvalue weighted by Crippen LogP contribution is 2.42. The molecule has 5 nitrogen and oxygen atoms in total. The molecule has 0 atom stereocenters. The van der Waals surface area contributed by atoms with E-state index in [1.165, 1.54) is 14.2 Å². The summed E-state index contributed by atoms with van der Waals surface area (Å²) >= 11 is 0. The molecule has 0 aromatic heterocycles. The first-order chi connectivity index (χ1) is 16.3. The molecule has 3 aromatic carbocycles. The van der Waals surface area contributed by atoms with Crippen molar-refractivity contribution in [2.45, 2.75) is 23.8 Å². The first kappa shape index (κ1) is 26.4. The number of nitrogens with one attached hydrogen (secondary N) is 1. The molecule has 0 bridgehead atoms. The summed E-state index contributed by atoms with van der Waals surface area (Å²) in [5, 5.41) is 0. The van der Waals surface area contributed by atoms with Crippen molar-refractivity contribution < 1.29 is 44.2 Å². The topological polar surface area (TPSA) is 64.6 Å². The normalized spacial score (nSPS) is 12.5. The maximum absolute atomic E-state index is 13.4. The van der Waals surface area contributed by atoms with Crippen LogP contribution in [0.2, 0.25) is 0 Å². The van der Waals surface area contributed by atoms with E-state index in [2.05, 4.69) is 4.72 Å². The number of sulfonamides is 1. The molecule has 188 valence electrons. The van der Waals surface area contributed by atoms with Crippen LogP contribution in [0, 0.1) is 0 Å². The quantitative estimate of drug-likeness (QED) is 0.396. The summed E-state index contributed by atoms with van der Waals surface area (Å²) in [6.45, 7) is -0.173. The molecule has 0 saturated carbocycles. The molecular formula is C23H19F6NO4S. The summed E-state index contributed by atoms with van der Waals surface area (Å²) in [6.07, 6.45) is -10.2. The van der Waals surface area contributed by atoms with Crippen molar-refractivity contribution >= 4 is 10.0 Å². The number of benzene rings is 3. The number of methoxy groups -OCH3 is 2. The SMILES string of the molecule is COc1cc(-c2cc(C(F)(F)F)cc(C(F)(F)F)c2)c(S(=O)(=O)NCc2ccccc2)cc1OC. The van der Waals surface area contributed by atoms with Crippen LogP contribution in [-0.2, 0) is 28.9 Å². The van der Waals surface area contributed by atoms with Gasteiger partial charge in [0.25, 0.3) is 0 Å². The Balaban J connectivity index is 2.25. The number of rotatable bonds is 7.